The quantitative estimate of drug-likeness (QED) is 0.801. The standard InChI is InChI=1S/C12H16O4/c1-15-8-10-5-3-4-9(12(10)16-2)6-7-11(13)14/h3-5H,6-8H2,1-2H3,(H,13,14). The number of benzene rings is 1. The highest BCUT2D eigenvalue weighted by molar-refractivity contribution is 5.67. The molecule has 0 spiro atoms. The number of ether oxygens (including phenoxy) is 2. The van der Waals surface area contributed by atoms with Crippen LogP contribution in [0.5, 0.6) is 5.75 Å². The van der Waals surface area contributed by atoms with Gasteiger partial charge in [-0.15, -0.1) is 0 Å². The Balaban J connectivity index is 2.89. The Morgan fingerprint density at radius 1 is 1.31 bits per heavy atom. The van der Waals surface area contributed by atoms with E-state index in [1.807, 2.05) is 18.2 Å². The molecule has 0 atom stereocenters. The Bertz CT molecular complexity index is 360. The van der Waals surface area contributed by atoms with E-state index in [0.29, 0.717) is 13.0 Å². The summed E-state index contributed by atoms with van der Waals surface area (Å²) in [4.78, 5) is 10.5. The third-order valence-corrected chi connectivity index (χ3v) is 2.29. The SMILES string of the molecule is COCc1cccc(CCC(=O)O)c1OC. The second kappa shape index (κ2) is 6.12. The zero-order valence-corrected chi connectivity index (χ0v) is 9.53. The van der Waals surface area contributed by atoms with Crippen LogP contribution in [0.25, 0.3) is 0 Å². The van der Waals surface area contributed by atoms with E-state index in [4.69, 9.17) is 14.6 Å². The minimum absolute atomic E-state index is 0.104. The first-order valence-electron chi connectivity index (χ1n) is 5.04. The van der Waals surface area contributed by atoms with Crippen molar-refractivity contribution in [2.45, 2.75) is 19.4 Å². The fourth-order valence-electron chi connectivity index (χ4n) is 1.61. The fraction of sp³-hybridized carbons (Fsp3) is 0.417. The molecular formula is C12H16O4. The smallest absolute Gasteiger partial charge is 0.303 e. The molecule has 0 saturated carbocycles. The first kappa shape index (κ1) is 12.5. The van der Waals surface area contributed by atoms with Crippen molar-refractivity contribution < 1.29 is 19.4 Å². The Kier molecular flexibility index (Phi) is 4.79. The third-order valence-electron chi connectivity index (χ3n) is 2.29. The van der Waals surface area contributed by atoms with Crippen molar-refractivity contribution in [3.63, 3.8) is 0 Å². The summed E-state index contributed by atoms with van der Waals surface area (Å²) in [5.74, 6) is -0.0789. The van der Waals surface area contributed by atoms with Crippen molar-refractivity contribution in [2.75, 3.05) is 14.2 Å². The lowest BCUT2D eigenvalue weighted by Gasteiger charge is -2.12. The zero-order valence-electron chi connectivity index (χ0n) is 9.53. The average Bonchev–Trinajstić information content (AvgIpc) is 2.27. The minimum atomic E-state index is -0.806. The molecule has 0 heterocycles. The lowest BCUT2D eigenvalue weighted by Crippen LogP contribution is -2.02. The van der Waals surface area contributed by atoms with E-state index in [9.17, 15) is 4.79 Å². The van der Waals surface area contributed by atoms with Crippen LogP contribution in [-0.2, 0) is 22.6 Å². The van der Waals surface area contributed by atoms with Gasteiger partial charge in [-0.3, -0.25) is 4.79 Å². The van der Waals surface area contributed by atoms with Crippen LogP contribution in [0.2, 0.25) is 0 Å². The molecule has 0 radical (unpaired) electrons. The summed E-state index contributed by atoms with van der Waals surface area (Å²) in [6.07, 6.45) is 0.572. The molecule has 0 bridgehead atoms. The highest BCUT2D eigenvalue weighted by Gasteiger charge is 2.09. The van der Waals surface area contributed by atoms with Crippen LogP contribution in [0.1, 0.15) is 17.5 Å². The lowest BCUT2D eigenvalue weighted by atomic mass is 10.0. The predicted molar refractivity (Wildman–Crippen MR) is 59.7 cm³/mol. The van der Waals surface area contributed by atoms with E-state index in [1.54, 1.807) is 14.2 Å². The van der Waals surface area contributed by atoms with E-state index in [-0.39, 0.29) is 6.42 Å². The van der Waals surface area contributed by atoms with Gasteiger partial charge in [0.05, 0.1) is 13.7 Å². The van der Waals surface area contributed by atoms with Crippen LogP contribution >= 0.6 is 0 Å². The molecule has 4 heteroatoms. The van der Waals surface area contributed by atoms with E-state index in [1.165, 1.54) is 0 Å². The number of hydrogen-bond donors (Lipinski definition) is 1. The van der Waals surface area contributed by atoms with Gasteiger partial charge in [-0.1, -0.05) is 18.2 Å². The second-order valence-electron chi connectivity index (χ2n) is 3.44. The van der Waals surface area contributed by atoms with E-state index in [2.05, 4.69) is 0 Å². The number of hydrogen-bond acceptors (Lipinski definition) is 3. The van der Waals surface area contributed by atoms with Gasteiger partial charge in [0.1, 0.15) is 5.75 Å². The average molecular weight is 224 g/mol. The molecule has 0 aromatic heterocycles. The van der Waals surface area contributed by atoms with Gasteiger partial charge in [0.2, 0.25) is 0 Å². The number of methoxy groups -OCH3 is 2. The largest absolute Gasteiger partial charge is 0.496 e. The molecule has 1 rings (SSSR count). The van der Waals surface area contributed by atoms with Crippen LogP contribution < -0.4 is 4.74 Å². The van der Waals surface area contributed by atoms with Gasteiger partial charge in [-0.05, 0) is 12.0 Å². The van der Waals surface area contributed by atoms with Crippen molar-refractivity contribution in [3.05, 3.63) is 29.3 Å². The Hall–Kier alpha value is -1.55. The summed E-state index contributed by atoms with van der Waals surface area (Å²) >= 11 is 0. The van der Waals surface area contributed by atoms with Crippen LogP contribution in [0.15, 0.2) is 18.2 Å². The van der Waals surface area contributed by atoms with Gasteiger partial charge in [-0.25, -0.2) is 0 Å². The maximum Gasteiger partial charge on any atom is 0.303 e. The van der Waals surface area contributed by atoms with Gasteiger partial charge < -0.3 is 14.6 Å². The van der Waals surface area contributed by atoms with Crippen LogP contribution in [0.4, 0.5) is 0 Å². The molecule has 0 aliphatic rings. The molecule has 88 valence electrons. The molecule has 0 amide bonds. The topological polar surface area (TPSA) is 55.8 Å². The second-order valence-corrected chi connectivity index (χ2v) is 3.44. The van der Waals surface area contributed by atoms with Gasteiger partial charge in [-0.2, -0.15) is 0 Å². The number of carboxylic acids is 1. The first-order chi connectivity index (χ1) is 7.69. The number of carboxylic acid groups (broad SMARTS) is 1. The molecule has 0 fully saturated rings. The Labute approximate surface area is 94.8 Å². The summed E-state index contributed by atoms with van der Waals surface area (Å²) < 4.78 is 10.3. The molecule has 16 heavy (non-hydrogen) atoms. The molecule has 0 aliphatic carbocycles. The molecule has 4 nitrogen and oxygen atoms in total. The van der Waals surface area contributed by atoms with Crippen molar-refractivity contribution in [1.29, 1.82) is 0 Å². The van der Waals surface area contributed by atoms with E-state index >= 15 is 0 Å². The fourth-order valence-corrected chi connectivity index (χ4v) is 1.61. The van der Waals surface area contributed by atoms with Crippen molar-refractivity contribution in [3.8, 4) is 5.75 Å². The summed E-state index contributed by atoms with van der Waals surface area (Å²) in [6.45, 7) is 0.462. The van der Waals surface area contributed by atoms with Gasteiger partial charge in [0, 0.05) is 19.1 Å². The van der Waals surface area contributed by atoms with E-state index in [0.717, 1.165) is 16.9 Å². The summed E-state index contributed by atoms with van der Waals surface area (Å²) in [6, 6.07) is 5.67. The normalized spacial score (nSPS) is 10.1. The first-order valence-corrected chi connectivity index (χ1v) is 5.04. The van der Waals surface area contributed by atoms with Crippen molar-refractivity contribution >= 4 is 5.97 Å². The Morgan fingerprint density at radius 2 is 2.00 bits per heavy atom. The number of rotatable bonds is 6. The zero-order chi connectivity index (χ0) is 12.0. The summed E-state index contributed by atoms with van der Waals surface area (Å²) in [7, 11) is 3.20. The van der Waals surface area contributed by atoms with Crippen molar-refractivity contribution in [1.82, 2.24) is 0 Å². The van der Waals surface area contributed by atoms with Crippen LogP contribution in [-0.4, -0.2) is 25.3 Å². The molecule has 0 saturated heterocycles. The number of carbonyl (C=O) groups is 1. The highest BCUT2D eigenvalue weighted by atomic mass is 16.5. The lowest BCUT2D eigenvalue weighted by molar-refractivity contribution is -0.136. The summed E-state index contributed by atoms with van der Waals surface area (Å²) in [5, 5.41) is 8.65. The maximum absolute atomic E-state index is 10.5. The third kappa shape index (κ3) is 3.24. The molecule has 1 aromatic rings. The monoisotopic (exact) mass is 224 g/mol. The number of aryl methyl sites for hydroxylation is 1. The Morgan fingerprint density at radius 3 is 2.56 bits per heavy atom. The minimum Gasteiger partial charge on any atom is -0.496 e. The van der Waals surface area contributed by atoms with Gasteiger partial charge in [0.15, 0.2) is 0 Å². The van der Waals surface area contributed by atoms with Crippen LogP contribution in [0.3, 0.4) is 0 Å². The summed E-state index contributed by atoms with van der Waals surface area (Å²) in [5.41, 5.74) is 1.84. The highest BCUT2D eigenvalue weighted by Crippen LogP contribution is 2.25. The molecule has 1 N–H and O–H groups in total. The molecule has 0 aliphatic heterocycles. The van der Waals surface area contributed by atoms with Crippen LogP contribution in [0, 0.1) is 0 Å². The predicted octanol–water partition coefficient (Wildman–Crippen LogP) is 1.86. The van der Waals surface area contributed by atoms with Crippen molar-refractivity contribution in [2.24, 2.45) is 0 Å². The molecular weight excluding hydrogens is 208 g/mol. The van der Waals surface area contributed by atoms with Gasteiger partial charge >= 0.3 is 5.97 Å². The van der Waals surface area contributed by atoms with Gasteiger partial charge in [0.25, 0.3) is 0 Å². The number of aliphatic carboxylic acids is 1. The van der Waals surface area contributed by atoms with E-state index < -0.39 is 5.97 Å². The maximum atomic E-state index is 10.5. The molecule has 0 unspecified atom stereocenters. The number of para-hydroxylation sites is 1. The molecule has 1 aromatic carbocycles.